The second kappa shape index (κ2) is 10.1. The number of carbonyl (C=O) groups is 1. The summed E-state index contributed by atoms with van der Waals surface area (Å²) in [5.41, 5.74) is 1.80. The normalized spacial score (nSPS) is 20.4. The van der Waals surface area contributed by atoms with Crippen LogP contribution in [0.25, 0.3) is 0 Å². The monoisotopic (exact) mass is 493 g/mol. The van der Waals surface area contributed by atoms with Crippen molar-refractivity contribution >= 4 is 45.0 Å². The summed E-state index contributed by atoms with van der Waals surface area (Å²) in [7, 11) is -3.64. The van der Waals surface area contributed by atoms with Crippen LogP contribution in [0.15, 0.2) is 52.3 Å². The van der Waals surface area contributed by atoms with E-state index in [0.29, 0.717) is 24.6 Å². The minimum Gasteiger partial charge on any atom is -0.325 e. The summed E-state index contributed by atoms with van der Waals surface area (Å²) in [4.78, 5) is 15.5. The fourth-order valence-corrected chi connectivity index (χ4v) is 6.42. The molecule has 2 aliphatic heterocycles. The standard InChI is InChI=1S/C23H28ClN3O3S2/c1-16-12-23(28)26-21-13-20(6-7-22(21)31-16)32(29,30)25-14-17-8-10-27(11-9-17)15-18-2-4-19(24)5-3-18/h2-7,13,16-17,25H,8-12,14-15H2,1H3,(H,26,28)/t16-/m1/s1. The Kier molecular flexibility index (Phi) is 7.47. The van der Waals surface area contributed by atoms with Crippen LogP contribution in [0, 0.1) is 5.92 Å². The zero-order valence-corrected chi connectivity index (χ0v) is 20.4. The number of anilines is 1. The molecule has 0 aliphatic carbocycles. The number of sulfonamides is 1. The molecule has 1 atom stereocenters. The number of likely N-dealkylation sites (tertiary alicyclic amines) is 1. The summed E-state index contributed by atoms with van der Waals surface area (Å²) in [6.07, 6.45) is 2.31. The van der Waals surface area contributed by atoms with E-state index in [-0.39, 0.29) is 16.1 Å². The lowest BCUT2D eigenvalue weighted by Crippen LogP contribution is -2.38. The number of piperidine rings is 1. The number of fused-ring (bicyclic) bond motifs is 1. The third-order valence-corrected chi connectivity index (χ3v) is 8.78. The van der Waals surface area contributed by atoms with Crippen molar-refractivity contribution in [2.24, 2.45) is 5.92 Å². The van der Waals surface area contributed by atoms with Crippen molar-refractivity contribution in [2.45, 2.75) is 47.8 Å². The van der Waals surface area contributed by atoms with Gasteiger partial charge in [-0.2, -0.15) is 0 Å². The van der Waals surface area contributed by atoms with Gasteiger partial charge in [-0.05, 0) is 67.7 Å². The molecular formula is C23H28ClN3O3S2. The minimum absolute atomic E-state index is 0.0865. The Morgan fingerprint density at radius 2 is 1.88 bits per heavy atom. The second-order valence-electron chi connectivity index (χ2n) is 8.54. The van der Waals surface area contributed by atoms with Crippen molar-refractivity contribution in [1.29, 1.82) is 0 Å². The highest BCUT2D eigenvalue weighted by atomic mass is 35.5. The predicted octanol–water partition coefficient (Wildman–Crippen LogP) is 4.35. The maximum atomic E-state index is 12.9. The maximum absolute atomic E-state index is 12.9. The van der Waals surface area contributed by atoms with Gasteiger partial charge in [-0.1, -0.05) is 30.7 Å². The maximum Gasteiger partial charge on any atom is 0.240 e. The van der Waals surface area contributed by atoms with E-state index in [9.17, 15) is 13.2 Å². The van der Waals surface area contributed by atoms with Gasteiger partial charge < -0.3 is 5.32 Å². The summed E-state index contributed by atoms with van der Waals surface area (Å²) < 4.78 is 28.5. The molecule has 4 rings (SSSR count). The fraction of sp³-hybridized carbons (Fsp3) is 0.435. The SMILES string of the molecule is C[C@@H]1CC(=O)Nc2cc(S(=O)(=O)NCC3CCN(Cc4ccc(Cl)cc4)CC3)ccc2S1. The lowest BCUT2D eigenvalue weighted by Gasteiger charge is -2.32. The van der Waals surface area contributed by atoms with Crippen molar-refractivity contribution in [3.63, 3.8) is 0 Å². The Hall–Kier alpha value is -1.58. The van der Waals surface area contributed by atoms with Gasteiger partial charge in [0.05, 0.1) is 10.6 Å². The first-order valence-electron chi connectivity index (χ1n) is 10.9. The Labute approximate surface area is 199 Å². The minimum atomic E-state index is -3.64. The van der Waals surface area contributed by atoms with Crippen LogP contribution in [0.5, 0.6) is 0 Å². The number of thioether (sulfide) groups is 1. The summed E-state index contributed by atoms with van der Waals surface area (Å²) >= 11 is 7.54. The van der Waals surface area contributed by atoms with Crippen molar-refractivity contribution in [3.05, 3.63) is 53.1 Å². The van der Waals surface area contributed by atoms with Gasteiger partial charge >= 0.3 is 0 Å². The van der Waals surface area contributed by atoms with Crippen LogP contribution in [-0.2, 0) is 21.4 Å². The first kappa shape index (κ1) is 23.6. The van der Waals surface area contributed by atoms with E-state index in [4.69, 9.17) is 11.6 Å². The van der Waals surface area contributed by atoms with Gasteiger partial charge in [-0.3, -0.25) is 9.69 Å². The number of carbonyl (C=O) groups excluding carboxylic acids is 1. The lowest BCUT2D eigenvalue weighted by atomic mass is 9.97. The molecule has 2 heterocycles. The van der Waals surface area contributed by atoms with Gasteiger partial charge in [-0.15, -0.1) is 11.8 Å². The Morgan fingerprint density at radius 1 is 1.16 bits per heavy atom. The Morgan fingerprint density at radius 3 is 2.59 bits per heavy atom. The molecule has 32 heavy (non-hydrogen) atoms. The average Bonchev–Trinajstić information content (AvgIpc) is 2.90. The zero-order chi connectivity index (χ0) is 22.7. The van der Waals surface area contributed by atoms with Crippen molar-refractivity contribution in [2.75, 3.05) is 25.0 Å². The molecule has 2 aromatic carbocycles. The van der Waals surface area contributed by atoms with E-state index in [2.05, 4.69) is 14.9 Å². The average molecular weight is 494 g/mol. The molecule has 1 amide bonds. The van der Waals surface area contributed by atoms with Gasteiger partial charge in [-0.25, -0.2) is 13.1 Å². The highest BCUT2D eigenvalue weighted by molar-refractivity contribution is 8.00. The van der Waals surface area contributed by atoms with E-state index >= 15 is 0 Å². The molecule has 0 radical (unpaired) electrons. The number of hydrogen-bond acceptors (Lipinski definition) is 5. The molecule has 0 unspecified atom stereocenters. The topological polar surface area (TPSA) is 78.5 Å². The van der Waals surface area contributed by atoms with E-state index in [0.717, 1.165) is 42.4 Å². The van der Waals surface area contributed by atoms with Crippen LogP contribution in [0.1, 0.15) is 31.7 Å². The van der Waals surface area contributed by atoms with Crippen LogP contribution in [-0.4, -0.2) is 44.1 Å². The van der Waals surface area contributed by atoms with Gasteiger partial charge in [0.1, 0.15) is 0 Å². The number of halogens is 1. The van der Waals surface area contributed by atoms with E-state index < -0.39 is 10.0 Å². The lowest BCUT2D eigenvalue weighted by molar-refractivity contribution is -0.116. The largest absolute Gasteiger partial charge is 0.325 e. The second-order valence-corrected chi connectivity index (χ2v) is 12.2. The number of nitrogens with zero attached hydrogens (tertiary/aromatic N) is 1. The van der Waals surface area contributed by atoms with Crippen molar-refractivity contribution in [1.82, 2.24) is 9.62 Å². The molecule has 2 aromatic rings. The third-order valence-electron chi connectivity index (χ3n) is 5.93. The van der Waals surface area contributed by atoms with Gasteiger partial charge in [0, 0.05) is 34.7 Å². The van der Waals surface area contributed by atoms with Crippen LogP contribution >= 0.6 is 23.4 Å². The smallest absolute Gasteiger partial charge is 0.240 e. The molecule has 9 heteroatoms. The number of amides is 1. The molecule has 1 saturated heterocycles. The predicted molar refractivity (Wildman–Crippen MR) is 130 cm³/mol. The molecule has 6 nitrogen and oxygen atoms in total. The summed E-state index contributed by atoms with van der Waals surface area (Å²) in [6.45, 7) is 5.18. The quantitative estimate of drug-likeness (QED) is 0.625. The third kappa shape index (κ3) is 6.05. The molecular weight excluding hydrogens is 466 g/mol. The molecule has 0 spiro atoms. The molecule has 0 bridgehead atoms. The van der Waals surface area contributed by atoms with Gasteiger partial charge in [0.15, 0.2) is 0 Å². The number of nitrogens with one attached hydrogen (secondary N) is 2. The first-order chi connectivity index (χ1) is 15.3. The molecule has 2 aliphatic rings. The molecule has 172 valence electrons. The Bertz CT molecular complexity index is 1070. The first-order valence-corrected chi connectivity index (χ1v) is 13.6. The van der Waals surface area contributed by atoms with E-state index in [1.54, 1.807) is 30.0 Å². The van der Waals surface area contributed by atoms with Gasteiger partial charge in [0.2, 0.25) is 15.9 Å². The number of hydrogen-bond donors (Lipinski definition) is 2. The molecule has 2 N–H and O–H groups in total. The highest BCUT2D eigenvalue weighted by Crippen LogP contribution is 2.36. The van der Waals surface area contributed by atoms with Gasteiger partial charge in [0.25, 0.3) is 0 Å². The Balaban J connectivity index is 1.31. The summed E-state index contributed by atoms with van der Waals surface area (Å²) in [6, 6.07) is 12.9. The van der Waals surface area contributed by atoms with Crippen LogP contribution in [0.3, 0.4) is 0 Å². The number of benzene rings is 2. The molecule has 0 aromatic heterocycles. The highest BCUT2D eigenvalue weighted by Gasteiger charge is 2.24. The molecule has 1 fully saturated rings. The zero-order valence-electron chi connectivity index (χ0n) is 18.0. The molecule has 0 saturated carbocycles. The summed E-state index contributed by atoms with van der Waals surface area (Å²) in [5.74, 6) is 0.222. The van der Waals surface area contributed by atoms with E-state index in [1.807, 2.05) is 31.2 Å². The van der Waals surface area contributed by atoms with Crippen LogP contribution < -0.4 is 10.0 Å². The van der Waals surface area contributed by atoms with Crippen LogP contribution in [0.2, 0.25) is 5.02 Å². The van der Waals surface area contributed by atoms with E-state index in [1.165, 1.54) is 5.56 Å². The van der Waals surface area contributed by atoms with Crippen LogP contribution in [0.4, 0.5) is 5.69 Å². The number of rotatable bonds is 6. The fourth-order valence-electron chi connectivity index (χ4n) is 4.11. The summed E-state index contributed by atoms with van der Waals surface area (Å²) in [5, 5.41) is 3.73. The van der Waals surface area contributed by atoms with Crippen molar-refractivity contribution < 1.29 is 13.2 Å². The van der Waals surface area contributed by atoms with Crippen molar-refractivity contribution in [3.8, 4) is 0 Å².